The van der Waals surface area contributed by atoms with Gasteiger partial charge in [-0.05, 0) is 37.9 Å². The van der Waals surface area contributed by atoms with Gasteiger partial charge in [0.15, 0.2) is 0 Å². The molecule has 0 bridgehead atoms. The molecule has 0 aromatic heterocycles. The molecule has 4 nitrogen and oxygen atoms in total. The summed E-state index contributed by atoms with van der Waals surface area (Å²) in [6.45, 7) is 1.68. The molecule has 0 spiro atoms. The first kappa shape index (κ1) is 13.3. The van der Waals surface area contributed by atoms with Crippen molar-refractivity contribution in [3.63, 3.8) is 0 Å². The van der Waals surface area contributed by atoms with Crippen LogP contribution in [0.15, 0.2) is 30.3 Å². The Balaban J connectivity index is 2.05. The molecule has 2 saturated heterocycles. The van der Waals surface area contributed by atoms with Gasteiger partial charge in [0, 0.05) is 12.8 Å². The summed E-state index contributed by atoms with van der Waals surface area (Å²) >= 11 is 0. The molecule has 0 saturated carbocycles. The molecule has 2 aliphatic rings. The summed E-state index contributed by atoms with van der Waals surface area (Å²) in [6, 6.07) is 10.0. The first-order valence-corrected chi connectivity index (χ1v) is 7.36. The van der Waals surface area contributed by atoms with E-state index in [2.05, 4.69) is 5.32 Å². The number of carbonyl (C=O) groups excluding carboxylic acids is 2. The smallest absolute Gasteiger partial charge is 0.229 e. The van der Waals surface area contributed by atoms with Crippen molar-refractivity contribution >= 4 is 11.8 Å². The lowest BCUT2D eigenvalue weighted by Crippen LogP contribution is -2.58. The maximum atomic E-state index is 12.4. The first-order chi connectivity index (χ1) is 9.74. The van der Waals surface area contributed by atoms with E-state index in [0.717, 1.165) is 31.5 Å². The number of carbonyl (C=O) groups is 2. The Kier molecular flexibility index (Phi) is 3.57. The number of rotatable bonds is 2. The molecule has 20 heavy (non-hydrogen) atoms. The quantitative estimate of drug-likeness (QED) is 0.835. The van der Waals surface area contributed by atoms with Gasteiger partial charge in [-0.15, -0.1) is 0 Å². The zero-order valence-corrected chi connectivity index (χ0v) is 11.6. The number of imide groups is 1. The van der Waals surface area contributed by atoms with Gasteiger partial charge in [0.05, 0.1) is 5.54 Å². The second kappa shape index (κ2) is 5.37. The van der Waals surface area contributed by atoms with Crippen molar-refractivity contribution in [1.82, 2.24) is 10.2 Å². The largest absolute Gasteiger partial charge is 0.317 e. The summed E-state index contributed by atoms with van der Waals surface area (Å²) in [5.41, 5.74) is 0.645. The molecule has 1 aromatic rings. The number of hydrogen-bond acceptors (Lipinski definition) is 3. The highest BCUT2D eigenvalue weighted by Crippen LogP contribution is 2.39. The molecule has 0 atom stereocenters. The summed E-state index contributed by atoms with van der Waals surface area (Å²) in [7, 11) is 0. The van der Waals surface area contributed by atoms with Crippen LogP contribution in [0.4, 0.5) is 0 Å². The summed E-state index contributed by atoms with van der Waals surface area (Å²) < 4.78 is 0. The number of piperidine rings is 2. The zero-order chi connectivity index (χ0) is 14.0. The minimum Gasteiger partial charge on any atom is -0.317 e. The third kappa shape index (κ3) is 2.14. The van der Waals surface area contributed by atoms with Gasteiger partial charge in [0.2, 0.25) is 11.8 Å². The van der Waals surface area contributed by atoms with Crippen molar-refractivity contribution in [3.05, 3.63) is 35.9 Å². The Hall–Kier alpha value is -1.68. The van der Waals surface area contributed by atoms with Gasteiger partial charge < -0.3 is 5.32 Å². The van der Waals surface area contributed by atoms with Gasteiger partial charge in [-0.1, -0.05) is 30.3 Å². The van der Waals surface area contributed by atoms with Crippen molar-refractivity contribution in [2.75, 3.05) is 13.1 Å². The lowest BCUT2D eigenvalue weighted by molar-refractivity contribution is -0.158. The molecule has 2 heterocycles. The van der Waals surface area contributed by atoms with Gasteiger partial charge in [-0.25, -0.2) is 0 Å². The van der Waals surface area contributed by atoms with E-state index in [0.29, 0.717) is 19.3 Å². The number of amides is 2. The summed E-state index contributed by atoms with van der Waals surface area (Å²) in [5, 5.41) is 3.33. The van der Waals surface area contributed by atoms with Crippen LogP contribution in [0.2, 0.25) is 0 Å². The molecule has 1 N–H and O–H groups in total. The Morgan fingerprint density at radius 3 is 2.15 bits per heavy atom. The van der Waals surface area contributed by atoms with Gasteiger partial charge in [-0.2, -0.15) is 0 Å². The first-order valence-electron chi connectivity index (χ1n) is 7.36. The van der Waals surface area contributed by atoms with Crippen LogP contribution in [0.3, 0.4) is 0 Å². The Morgan fingerprint density at radius 1 is 0.950 bits per heavy atom. The summed E-state index contributed by atoms with van der Waals surface area (Å²) in [6.07, 6.45) is 3.28. The molecule has 2 amide bonds. The highest BCUT2D eigenvalue weighted by Gasteiger charge is 2.46. The van der Waals surface area contributed by atoms with E-state index in [4.69, 9.17) is 0 Å². The van der Waals surface area contributed by atoms with E-state index in [1.54, 1.807) is 4.90 Å². The predicted molar refractivity (Wildman–Crippen MR) is 75.9 cm³/mol. The molecular weight excluding hydrogens is 252 g/mol. The number of hydrogen-bond donors (Lipinski definition) is 1. The van der Waals surface area contributed by atoms with Gasteiger partial charge >= 0.3 is 0 Å². The minimum absolute atomic E-state index is 0.00740. The molecule has 0 aliphatic carbocycles. The van der Waals surface area contributed by atoms with Crippen LogP contribution in [-0.2, 0) is 15.1 Å². The molecule has 3 rings (SSSR count). The van der Waals surface area contributed by atoms with Crippen LogP contribution >= 0.6 is 0 Å². The molecule has 1 aromatic carbocycles. The van der Waals surface area contributed by atoms with Crippen LogP contribution in [-0.4, -0.2) is 29.8 Å². The van der Waals surface area contributed by atoms with E-state index < -0.39 is 5.54 Å². The lowest BCUT2D eigenvalue weighted by Gasteiger charge is -2.47. The van der Waals surface area contributed by atoms with Gasteiger partial charge in [-0.3, -0.25) is 14.5 Å². The maximum absolute atomic E-state index is 12.4. The highest BCUT2D eigenvalue weighted by molar-refractivity contribution is 5.98. The van der Waals surface area contributed by atoms with Crippen molar-refractivity contribution in [2.24, 2.45) is 0 Å². The Labute approximate surface area is 119 Å². The third-order valence-corrected chi connectivity index (χ3v) is 4.45. The zero-order valence-electron chi connectivity index (χ0n) is 11.6. The Bertz CT molecular complexity index is 490. The maximum Gasteiger partial charge on any atom is 0.229 e. The molecule has 2 aliphatic heterocycles. The van der Waals surface area contributed by atoms with E-state index in [1.807, 2.05) is 30.3 Å². The van der Waals surface area contributed by atoms with E-state index in [-0.39, 0.29) is 11.8 Å². The van der Waals surface area contributed by atoms with Crippen LogP contribution in [0.5, 0.6) is 0 Å². The standard InChI is InChI=1S/C16H20N2O2/c19-14-7-4-8-15(20)18(14)16(9-11-17-12-10-16)13-5-2-1-3-6-13/h1-3,5-6,17H,4,7-12H2. The number of likely N-dealkylation sites (tertiary alicyclic amines) is 1. The Morgan fingerprint density at radius 2 is 1.55 bits per heavy atom. The highest BCUT2D eigenvalue weighted by atomic mass is 16.2. The van der Waals surface area contributed by atoms with Crippen LogP contribution in [0.1, 0.15) is 37.7 Å². The third-order valence-electron chi connectivity index (χ3n) is 4.45. The van der Waals surface area contributed by atoms with Gasteiger partial charge in [0.1, 0.15) is 0 Å². The monoisotopic (exact) mass is 272 g/mol. The average Bonchev–Trinajstić information content (AvgIpc) is 2.49. The van der Waals surface area contributed by atoms with Gasteiger partial charge in [0.25, 0.3) is 0 Å². The molecule has 0 radical (unpaired) electrons. The molecule has 0 unspecified atom stereocenters. The molecule has 106 valence electrons. The van der Waals surface area contributed by atoms with Crippen LogP contribution in [0.25, 0.3) is 0 Å². The fraction of sp³-hybridized carbons (Fsp3) is 0.500. The van der Waals surface area contributed by atoms with Crippen molar-refractivity contribution in [2.45, 2.75) is 37.6 Å². The fourth-order valence-electron chi connectivity index (χ4n) is 3.46. The minimum atomic E-state index is -0.443. The predicted octanol–water partition coefficient (Wildman–Crippen LogP) is 1.80. The average molecular weight is 272 g/mol. The van der Waals surface area contributed by atoms with E-state index >= 15 is 0 Å². The molecular formula is C16H20N2O2. The molecule has 2 fully saturated rings. The van der Waals surface area contributed by atoms with Crippen LogP contribution < -0.4 is 5.32 Å². The fourth-order valence-corrected chi connectivity index (χ4v) is 3.46. The normalized spacial score (nSPS) is 22.9. The number of nitrogens with zero attached hydrogens (tertiary/aromatic N) is 1. The second-order valence-corrected chi connectivity index (χ2v) is 5.62. The van der Waals surface area contributed by atoms with E-state index in [9.17, 15) is 9.59 Å². The topological polar surface area (TPSA) is 49.4 Å². The van der Waals surface area contributed by atoms with Crippen molar-refractivity contribution in [1.29, 1.82) is 0 Å². The molecule has 4 heteroatoms. The number of nitrogens with one attached hydrogen (secondary N) is 1. The van der Waals surface area contributed by atoms with Crippen molar-refractivity contribution in [3.8, 4) is 0 Å². The van der Waals surface area contributed by atoms with Crippen molar-refractivity contribution < 1.29 is 9.59 Å². The second-order valence-electron chi connectivity index (χ2n) is 5.62. The lowest BCUT2D eigenvalue weighted by atomic mass is 9.78. The summed E-state index contributed by atoms with van der Waals surface area (Å²) in [5.74, 6) is -0.0148. The van der Waals surface area contributed by atoms with E-state index in [1.165, 1.54) is 0 Å². The number of benzene rings is 1. The SMILES string of the molecule is O=C1CCCC(=O)N1C1(c2ccccc2)CCNCC1. The van der Waals surface area contributed by atoms with Crippen LogP contribution in [0, 0.1) is 0 Å². The summed E-state index contributed by atoms with van der Waals surface area (Å²) in [4.78, 5) is 26.3.